The Balaban J connectivity index is 1.68. The van der Waals surface area contributed by atoms with Crippen molar-refractivity contribution in [3.05, 3.63) is 34.9 Å². The van der Waals surface area contributed by atoms with Crippen LogP contribution in [-0.4, -0.2) is 22.9 Å². The maximum Gasteiger partial charge on any atom is 0.244 e. The van der Waals surface area contributed by atoms with E-state index in [-0.39, 0.29) is 11.7 Å². The Morgan fingerprint density at radius 1 is 1.30 bits per heavy atom. The monoisotopic (exact) mass is 270 g/mol. The van der Waals surface area contributed by atoms with Crippen molar-refractivity contribution in [1.29, 1.82) is 0 Å². The predicted molar refractivity (Wildman–Crippen MR) is 78.2 cm³/mol. The van der Waals surface area contributed by atoms with Crippen LogP contribution in [0.3, 0.4) is 0 Å². The normalized spacial score (nSPS) is 27.4. The summed E-state index contributed by atoms with van der Waals surface area (Å²) in [5, 5.41) is 3.63. The lowest BCUT2D eigenvalue weighted by Crippen LogP contribution is -2.33. The Labute approximate surface area is 120 Å². The molecular formula is C17H22N2O. The third-order valence-electron chi connectivity index (χ3n) is 5.02. The fraction of sp³-hybridized carbons (Fsp3) is 0.588. The number of hydrogen-bond acceptors (Lipinski definition) is 2. The minimum Gasteiger partial charge on any atom is -0.321 e. The summed E-state index contributed by atoms with van der Waals surface area (Å²) in [5.41, 5.74) is 3.63. The van der Waals surface area contributed by atoms with Crippen LogP contribution >= 0.6 is 0 Å². The summed E-state index contributed by atoms with van der Waals surface area (Å²) in [7, 11) is 0. The van der Waals surface area contributed by atoms with Crippen LogP contribution in [0.15, 0.2) is 18.2 Å². The minimum absolute atomic E-state index is 0.0891. The first-order chi connectivity index (χ1) is 9.59. The van der Waals surface area contributed by atoms with Gasteiger partial charge in [-0.05, 0) is 56.6 Å². The Bertz CT molecular complexity index is 572. The number of amides is 1. The molecule has 2 saturated carbocycles. The van der Waals surface area contributed by atoms with Gasteiger partial charge in [-0.1, -0.05) is 23.8 Å². The fourth-order valence-electron chi connectivity index (χ4n) is 3.42. The van der Waals surface area contributed by atoms with Crippen molar-refractivity contribution in [2.24, 2.45) is 5.92 Å². The van der Waals surface area contributed by atoms with Gasteiger partial charge in [-0.25, -0.2) is 0 Å². The summed E-state index contributed by atoms with van der Waals surface area (Å²) in [5.74, 6) is 1.08. The molecule has 1 unspecified atom stereocenters. The van der Waals surface area contributed by atoms with Gasteiger partial charge in [-0.2, -0.15) is 0 Å². The molecule has 1 aromatic carbocycles. The van der Waals surface area contributed by atoms with Crippen LogP contribution in [-0.2, 0) is 4.79 Å². The van der Waals surface area contributed by atoms with Gasteiger partial charge >= 0.3 is 0 Å². The zero-order valence-corrected chi connectivity index (χ0v) is 12.3. The number of nitrogens with one attached hydrogen (secondary N) is 1. The van der Waals surface area contributed by atoms with Gasteiger partial charge < -0.3 is 4.90 Å². The second-order valence-electron chi connectivity index (χ2n) is 6.89. The smallest absolute Gasteiger partial charge is 0.244 e. The third-order valence-corrected chi connectivity index (χ3v) is 5.02. The molecule has 1 saturated heterocycles. The summed E-state index contributed by atoms with van der Waals surface area (Å²) in [6.07, 6.45) is 4.68. The summed E-state index contributed by atoms with van der Waals surface area (Å²) < 4.78 is 0. The zero-order chi connectivity index (χ0) is 13.9. The molecule has 0 bridgehead atoms. The Morgan fingerprint density at radius 3 is 2.65 bits per heavy atom. The van der Waals surface area contributed by atoms with E-state index in [4.69, 9.17) is 0 Å². The summed E-state index contributed by atoms with van der Waals surface area (Å²) in [6.45, 7) is 5.21. The molecule has 1 aromatic rings. The molecule has 2 aliphatic carbocycles. The van der Waals surface area contributed by atoms with Crippen LogP contribution in [0, 0.1) is 19.8 Å². The van der Waals surface area contributed by atoms with Crippen molar-refractivity contribution in [2.75, 3.05) is 6.54 Å². The van der Waals surface area contributed by atoms with Crippen LogP contribution in [0.5, 0.6) is 0 Å². The van der Waals surface area contributed by atoms with Gasteiger partial charge in [0.15, 0.2) is 0 Å². The molecule has 3 fully saturated rings. The average Bonchev–Trinajstić information content (AvgIpc) is 3.29. The maximum absolute atomic E-state index is 12.7. The van der Waals surface area contributed by atoms with Crippen molar-refractivity contribution in [3.63, 3.8) is 0 Å². The summed E-state index contributed by atoms with van der Waals surface area (Å²) in [6, 6.07) is 6.56. The van der Waals surface area contributed by atoms with E-state index < -0.39 is 0 Å². The molecule has 0 radical (unpaired) electrons. The van der Waals surface area contributed by atoms with Crippen LogP contribution in [0.2, 0.25) is 0 Å². The second-order valence-corrected chi connectivity index (χ2v) is 6.89. The first-order valence-corrected chi connectivity index (χ1v) is 7.75. The molecule has 1 atom stereocenters. The van der Waals surface area contributed by atoms with Gasteiger partial charge in [0, 0.05) is 6.54 Å². The molecule has 3 heteroatoms. The SMILES string of the molecule is Cc1ccc(C2NC3(CC3)C(=O)N2CC2CC2)c(C)c1. The molecular weight excluding hydrogens is 248 g/mol. The lowest BCUT2D eigenvalue weighted by Gasteiger charge is -2.26. The van der Waals surface area contributed by atoms with Crippen LogP contribution in [0.4, 0.5) is 0 Å². The Kier molecular flexibility index (Phi) is 2.53. The number of hydrogen-bond donors (Lipinski definition) is 1. The third kappa shape index (κ3) is 1.87. The molecule has 1 heterocycles. The largest absolute Gasteiger partial charge is 0.321 e. The summed E-state index contributed by atoms with van der Waals surface area (Å²) in [4.78, 5) is 14.8. The average molecular weight is 270 g/mol. The molecule has 1 amide bonds. The molecule has 3 aliphatic rings. The van der Waals surface area contributed by atoms with E-state index >= 15 is 0 Å². The zero-order valence-electron chi connectivity index (χ0n) is 12.3. The number of carbonyl (C=O) groups excluding carboxylic acids is 1. The molecule has 106 valence electrons. The standard InChI is InChI=1S/C17H22N2O/c1-11-3-6-14(12(2)9-11)15-18-17(7-8-17)16(20)19(15)10-13-4-5-13/h3,6,9,13,15,18H,4-5,7-8,10H2,1-2H3. The maximum atomic E-state index is 12.7. The topological polar surface area (TPSA) is 32.3 Å². The van der Waals surface area contributed by atoms with Crippen molar-refractivity contribution in [2.45, 2.75) is 51.2 Å². The van der Waals surface area contributed by atoms with Gasteiger partial charge in [-0.15, -0.1) is 0 Å². The fourth-order valence-corrected chi connectivity index (χ4v) is 3.42. The van der Waals surface area contributed by atoms with Crippen molar-refractivity contribution < 1.29 is 4.79 Å². The van der Waals surface area contributed by atoms with E-state index in [9.17, 15) is 4.79 Å². The number of nitrogens with zero attached hydrogens (tertiary/aromatic N) is 1. The lowest BCUT2D eigenvalue weighted by atomic mass is 10.0. The van der Waals surface area contributed by atoms with Gasteiger partial charge in [-0.3, -0.25) is 10.1 Å². The Hall–Kier alpha value is -1.35. The number of benzene rings is 1. The van der Waals surface area contributed by atoms with E-state index in [1.807, 2.05) is 0 Å². The van der Waals surface area contributed by atoms with Crippen LogP contribution in [0.1, 0.15) is 48.5 Å². The number of carbonyl (C=O) groups is 1. The van der Waals surface area contributed by atoms with Gasteiger partial charge in [0.05, 0.1) is 0 Å². The molecule has 1 spiro atoms. The molecule has 0 aromatic heterocycles. The first-order valence-electron chi connectivity index (χ1n) is 7.75. The quantitative estimate of drug-likeness (QED) is 0.916. The highest BCUT2D eigenvalue weighted by atomic mass is 16.2. The predicted octanol–water partition coefficient (Wildman–Crippen LogP) is 2.68. The van der Waals surface area contributed by atoms with E-state index in [1.165, 1.54) is 29.5 Å². The van der Waals surface area contributed by atoms with Crippen LogP contribution in [0.25, 0.3) is 0 Å². The molecule has 1 aliphatic heterocycles. The number of rotatable bonds is 3. The minimum atomic E-state index is -0.211. The van der Waals surface area contributed by atoms with E-state index in [0.29, 0.717) is 5.91 Å². The Morgan fingerprint density at radius 2 is 2.05 bits per heavy atom. The van der Waals surface area contributed by atoms with Gasteiger partial charge in [0.1, 0.15) is 11.7 Å². The van der Waals surface area contributed by atoms with Crippen molar-refractivity contribution >= 4 is 5.91 Å². The van der Waals surface area contributed by atoms with Crippen LogP contribution < -0.4 is 5.32 Å². The molecule has 3 nitrogen and oxygen atoms in total. The number of aryl methyl sites for hydroxylation is 2. The second kappa shape index (κ2) is 4.08. The van der Waals surface area contributed by atoms with E-state index in [1.54, 1.807) is 0 Å². The van der Waals surface area contributed by atoms with E-state index in [0.717, 1.165) is 25.3 Å². The van der Waals surface area contributed by atoms with Gasteiger partial charge in [0.25, 0.3) is 0 Å². The first kappa shape index (κ1) is 12.4. The van der Waals surface area contributed by atoms with Gasteiger partial charge in [0.2, 0.25) is 5.91 Å². The van der Waals surface area contributed by atoms with Crippen molar-refractivity contribution in [1.82, 2.24) is 10.2 Å². The summed E-state index contributed by atoms with van der Waals surface area (Å²) >= 11 is 0. The highest BCUT2D eigenvalue weighted by Gasteiger charge is 2.59. The molecule has 4 rings (SSSR count). The lowest BCUT2D eigenvalue weighted by molar-refractivity contribution is -0.131. The highest BCUT2D eigenvalue weighted by molar-refractivity contribution is 5.92. The molecule has 1 N–H and O–H groups in total. The highest BCUT2D eigenvalue weighted by Crippen LogP contribution is 2.47. The van der Waals surface area contributed by atoms with Crippen molar-refractivity contribution in [3.8, 4) is 0 Å². The van der Waals surface area contributed by atoms with E-state index in [2.05, 4.69) is 42.3 Å². The molecule has 20 heavy (non-hydrogen) atoms.